The smallest absolute Gasteiger partial charge is 0.323 e. The number of para-hydroxylation sites is 1. The highest BCUT2D eigenvalue weighted by molar-refractivity contribution is 6.09. The highest BCUT2D eigenvalue weighted by Crippen LogP contribution is 2.41. The van der Waals surface area contributed by atoms with Gasteiger partial charge in [0.2, 0.25) is 5.91 Å². The molecule has 1 amide bonds. The number of carbonyl (C=O) groups excluding carboxylic acids is 1. The summed E-state index contributed by atoms with van der Waals surface area (Å²) in [6.07, 6.45) is 0.283. The first-order chi connectivity index (χ1) is 12.1. The van der Waals surface area contributed by atoms with Crippen LogP contribution < -0.4 is 4.74 Å². The molecular formula is C19H17NO5. The lowest BCUT2D eigenvalue weighted by molar-refractivity contribution is -0.142. The van der Waals surface area contributed by atoms with E-state index in [9.17, 15) is 9.59 Å². The second kappa shape index (κ2) is 5.81. The molecule has 2 aromatic carbocycles. The first-order valence-electron chi connectivity index (χ1n) is 8.06. The van der Waals surface area contributed by atoms with Crippen LogP contribution in [0.5, 0.6) is 5.75 Å². The number of rotatable bonds is 4. The SMILES string of the molecule is COc1ccc(C2CC(=O)N(CC(=O)O)C2)c2oc3ccccc3c12. The number of nitrogens with zero attached hydrogens (tertiary/aromatic N) is 1. The summed E-state index contributed by atoms with van der Waals surface area (Å²) in [6, 6.07) is 11.5. The molecule has 6 nitrogen and oxygen atoms in total. The second-order valence-corrected chi connectivity index (χ2v) is 6.23. The number of benzene rings is 2. The predicted molar refractivity (Wildman–Crippen MR) is 91.8 cm³/mol. The summed E-state index contributed by atoms with van der Waals surface area (Å²) >= 11 is 0. The summed E-state index contributed by atoms with van der Waals surface area (Å²) in [5, 5.41) is 10.8. The number of methoxy groups -OCH3 is 1. The molecule has 4 rings (SSSR count). The molecule has 1 N–H and O–H groups in total. The van der Waals surface area contributed by atoms with E-state index in [0.717, 1.165) is 27.7 Å². The quantitative estimate of drug-likeness (QED) is 0.790. The van der Waals surface area contributed by atoms with E-state index in [0.29, 0.717) is 12.1 Å². The molecule has 1 saturated heterocycles. The maximum Gasteiger partial charge on any atom is 0.323 e. The number of carbonyl (C=O) groups is 2. The molecule has 6 heteroatoms. The van der Waals surface area contributed by atoms with Crippen molar-refractivity contribution in [2.24, 2.45) is 0 Å². The zero-order valence-corrected chi connectivity index (χ0v) is 13.7. The van der Waals surface area contributed by atoms with E-state index in [4.69, 9.17) is 14.3 Å². The molecular weight excluding hydrogens is 322 g/mol. The molecule has 1 fully saturated rings. The lowest BCUT2D eigenvalue weighted by Crippen LogP contribution is -2.30. The maximum atomic E-state index is 12.1. The van der Waals surface area contributed by atoms with E-state index in [2.05, 4.69) is 0 Å². The summed E-state index contributed by atoms with van der Waals surface area (Å²) in [7, 11) is 1.61. The summed E-state index contributed by atoms with van der Waals surface area (Å²) in [5.41, 5.74) is 2.37. The molecule has 128 valence electrons. The average molecular weight is 339 g/mol. The molecule has 2 heterocycles. The van der Waals surface area contributed by atoms with Crippen molar-refractivity contribution in [3.8, 4) is 5.75 Å². The van der Waals surface area contributed by atoms with Gasteiger partial charge in [-0.3, -0.25) is 9.59 Å². The van der Waals surface area contributed by atoms with Gasteiger partial charge in [0.1, 0.15) is 23.5 Å². The van der Waals surface area contributed by atoms with E-state index in [-0.39, 0.29) is 24.8 Å². The van der Waals surface area contributed by atoms with Crippen LogP contribution in [0.1, 0.15) is 17.9 Å². The molecule has 0 saturated carbocycles. The number of hydrogen-bond donors (Lipinski definition) is 1. The normalized spacial score (nSPS) is 17.6. The number of carboxylic acid groups (broad SMARTS) is 1. The molecule has 0 radical (unpaired) electrons. The van der Waals surface area contributed by atoms with Gasteiger partial charge < -0.3 is 19.2 Å². The first kappa shape index (κ1) is 15.5. The van der Waals surface area contributed by atoms with Crippen LogP contribution in [-0.2, 0) is 9.59 Å². The topological polar surface area (TPSA) is 80.0 Å². The Bertz CT molecular complexity index is 990. The molecule has 1 aliphatic rings. The first-order valence-corrected chi connectivity index (χ1v) is 8.06. The van der Waals surface area contributed by atoms with Crippen LogP contribution in [-0.4, -0.2) is 42.1 Å². The van der Waals surface area contributed by atoms with Gasteiger partial charge in [0.25, 0.3) is 0 Å². The molecule has 1 aliphatic heterocycles. The van der Waals surface area contributed by atoms with Crippen LogP contribution in [0.25, 0.3) is 21.9 Å². The minimum absolute atomic E-state index is 0.0965. The van der Waals surface area contributed by atoms with Gasteiger partial charge in [-0.15, -0.1) is 0 Å². The highest BCUT2D eigenvalue weighted by atomic mass is 16.5. The number of aliphatic carboxylic acids is 1. The van der Waals surface area contributed by atoms with Crippen LogP contribution in [0, 0.1) is 0 Å². The fourth-order valence-electron chi connectivity index (χ4n) is 3.61. The lowest BCUT2D eigenvalue weighted by Gasteiger charge is -2.14. The van der Waals surface area contributed by atoms with Gasteiger partial charge in [0.05, 0.1) is 12.5 Å². The third-order valence-corrected chi connectivity index (χ3v) is 4.72. The molecule has 1 aromatic heterocycles. The third kappa shape index (κ3) is 2.50. The Hall–Kier alpha value is -3.02. The zero-order chi connectivity index (χ0) is 17.6. The molecule has 0 aliphatic carbocycles. The molecule has 25 heavy (non-hydrogen) atoms. The minimum Gasteiger partial charge on any atom is -0.496 e. The maximum absolute atomic E-state index is 12.1. The van der Waals surface area contributed by atoms with E-state index < -0.39 is 5.97 Å². The molecule has 0 spiro atoms. The predicted octanol–water partition coefficient (Wildman–Crippen LogP) is 3.00. The number of amides is 1. The number of likely N-dealkylation sites (tertiary alicyclic amines) is 1. The van der Waals surface area contributed by atoms with Gasteiger partial charge in [0.15, 0.2) is 0 Å². The van der Waals surface area contributed by atoms with Crippen molar-refractivity contribution in [2.45, 2.75) is 12.3 Å². The van der Waals surface area contributed by atoms with Gasteiger partial charge in [-0.2, -0.15) is 0 Å². The number of hydrogen-bond acceptors (Lipinski definition) is 4. The molecule has 0 bridgehead atoms. The van der Waals surface area contributed by atoms with Crippen molar-refractivity contribution in [3.05, 3.63) is 42.0 Å². The van der Waals surface area contributed by atoms with Crippen molar-refractivity contribution in [2.75, 3.05) is 20.2 Å². The standard InChI is InChI=1S/C19H17NO5/c1-24-15-7-6-12(11-8-16(21)20(9-11)10-17(22)23)19-18(15)13-4-2-3-5-14(13)25-19/h2-7,11H,8-10H2,1H3,(H,22,23). The van der Waals surface area contributed by atoms with Gasteiger partial charge in [-0.25, -0.2) is 0 Å². The van der Waals surface area contributed by atoms with Crippen molar-refractivity contribution < 1.29 is 23.8 Å². The van der Waals surface area contributed by atoms with E-state index in [1.165, 1.54) is 4.90 Å². The van der Waals surface area contributed by atoms with Crippen LogP contribution in [0.15, 0.2) is 40.8 Å². The van der Waals surface area contributed by atoms with Gasteiger partial charge in [-0.1, -0.05) is 24.3 Å². The number of fused-ring (bicyclic) bond motifs is 3. The Morgan fingerprint density at radius 1 is 1.32 bits per heavy atom. The molecule has 1 unspecified atom stereocenters. The Morgan fingerprint density at radius 3 is 2.88 bits per heavy atom. The fourth-order valence-corrected chi connectivity index (χ4v) is 3.61. The van der Waals surface area contributed by atoms with E-state index in [1.807, 2.05) is 36.4 Å². The lowest BCUT2D eigenvalue weighted by atomic mass is 9.95. The molecule has 1 atom stereocenters. The van der Waals surface area contributed by atoms with Crippen molar-refractivity contribution in [1.29, 1.82) is 0 Å². The Balaban J connectivity index is 1.83. The van der Waals surface area contributed by atoms with Gasteiger partial charge in [0, 0.05) is 29.8 Å². The van der Waals surface area contributed by atoms with Crippen LogP contribution >= 0.6 is 0 Å². The number of furan rings is 1. The van der Waals surface area contributed by atoms with Crippen molar-refractivity contribution in [1.82, 2.24) is 4.90 Å². The van der Waals surface area contributed by atoms with E-state index >= 15 is 0 Å². The third-order valence-electron chi connectivity index (χ3n) is 4.72. The summed E-state index contributed by atoms with van der Waals surface area (Å²) in [6.45, 7) is 0.109. The van der Waals surface area contributed by atoms with Crippen molar-refractivity contribution in [3.63, 3.8) is 0 Å². The summed E-state index contributed by atoms with van der Waals surface area (Å²) in [4.78, 5) is 24.4. The summed E-state index contributed by atoms with van der Waals surface area (Å²) in [5.74, 6) is -0.527. The second-order valence-electron chi connectivity index (χ2n) is 6.23. The van der Waals surface area contributed by atoms with Gasteiger partial charge >= 0.3 is 5.97 Å². The van der Waals surface area contributed by atoms with Crippen LogP contribution in [0.2, 0.25) is 0 Å². The minimum atomic E-state index is -1.00. The van der Waals surface area contributed by atoms with E-state index in [1.54, 1.807) is 7.11 Å². The average Bonchev–Trinajstić information content (AvgIpc) is 3.15. The Labute approximate surface area is 143 Å². The molecule has 3 aromatic rings. The number of carboxylic acids is 1. The number of ether oxygens (including phenoxy) is 1. The van der Waals surface area contributed by atoms with Gasteiger partial charge in [-0.05, 0) is 12.1 Å². The highest BCUT2D eigenvalue weighted by Gasteiger charge is 2.34. The summed E-state index contributed by atoms with van der Waals surface area (Å²) < 4.78 is 11.6. The van der Waals surface area contributed by atoms with Crippen molar-refractivity contribution >= 4 is 33.8 Å². The fraction of sp³-hybridized carbons (Fsp3) is 0.263. The van der Waals surface area contributed by atoms with Crippen LogP contribution in [0.3, 0.4) is 0 Å². The largest absolute Gasteiger partial charge is 0.496 e. The Kier molecular flexibility index (Phi) is 3.60. The zero-order valence-electron chi connectivity index (χ0n) is 13.7. The van der Waals surface area contributed by atoms with Crippen LogP contribution in [0.4, 0.5) is 0 Å². The Morgan fingerprint density at radius 2 is 2.12 bits per heavy atom. The monoisotopic (exact) mass is 339 g/mol.